The largest absolute Gasteiger partial charge is 0.485 e. The summed E-state index contributed by atoms with van der Waals surface area (Å²) < 4.78 is 38.5. The molecule has 0 aliphatic carbocycles. The molecule has 6 atom stereocenters. The van der Waals surface area contributed by atoms with E-state index in [0.29, 0.717) is 27.0 Å². The summed E-state index contributed by atoms with van der Waals surface area (Å²) in [5, 5.41) is 0.293. The van der Waals surface area contributed by atoms with Gasteiger partial charge in [0.1, 0.15) is 23.6 Å². The van der Waals surface area contributed by atoms with Crippen LogP contribution in [-0.2, 0) is 14.3 Å². The highest BCUT2D eigenvalue weighted by atomic mass is 35.5. The second-order valence-electron chi connectivity index (χ2n) is 11.3. The Morgan fingerprint density at radius 1 is 1.24 bits per heavy atom. The average Bonchev–Trinajstić information content (AvgIpc) is 3.53. The van der Waals surface area contributed by atoms with Gasteiger partial charge in [-0.05, 0) is 36.8 Å². The fourth-order valence-corrected chi connectivity index (χ4v) is 8.38. The predicted molar refractivity (Wildman–Crippen MR) is 157 cm³/mol. The first-order chi connectivity index (χ1) is 20.5. The van der Waals surface area contributed by atoms with Gasteiger partial charge in [0, 0.05) is 36.8 Å². The molecule has 0 N–H and O–H groups in total. The second kappa shape index (κ2) is 10.3. The number of hydrogen-bond acceptors (Lipinski definition) is 10. The summed E-state index contributed by atoms with van der Waals surface area (Å²) in [6.07, 6.45) is 2.51. The van der Waals surface area contributed by atoms with Crippen molar-refractivity contribution in [2.45, 2.75) is 42.1 Å². The standard InChI is InChI=1S/C30H30ClFN4O5S/c1-38-30(37)25-12-20-29(42-25)33-26-14-35-9-8-34(13-21(35)27(36(20)26)22-7-10-39-22)19-3-2-4-23-28(19)41-24(15-40-23)17-6-5-16(31)11-18(17)32/h2-6,11-12,20-22,24,27,29H,7-10,13-15H2,1H3/t20?,21-,22+,24+,27?,29?/m1/s1. The fourth-order valence-electron chi connectivity index (χ4n) is 7.04. The number of benzene rings is 2. The normalized spacial score (nSPS) is 31.4. The van der Waals surface area contributed by atoms with E-state index in [2.05, 4.69) is 14.7 Å². The monoisotopic (exact) mass is 612 g/mol. The highest BCUT2D eigenvalue weighted by Crippen LogP contribution is 2.47. The minimum atomic E-state index is -0.584. The number of piperazine rings is 2. The van der Waals surface area contributed by atoms with Crippen molar-refractivity contribution in [3.8, 4) is 11.5 Å². The zero-order chi connectivity index (χ0) is 28.5. The van der Waals surface area contributed by atoms with Crippen LogP contribution in [0.3, 0.4) is 0 Å². The number of nitrogens with zero attached hydrogens (tertiary/aromatic N) is 4. The summed E-state index contributed by atoms with van der Waals surface area (Å²) in [4.78, 5) is 25.3. The quantitative estimate of drug-likeness (QED) is 0.479. The zero-order valence-electron chi connectivity index (χ0n) is 22.9. The van der Waals surface area contributed by atoms with Gasteiger partial charge in [-0.3, -0.25) is 9.89 Å². The molecule has 9 nitrogen and oxygen atoms in total. The molecule has 12 heteroatoms. The maximum Gasteiger partial charge on any atom is 0.344 e. The number of rotatable bonds is 4. The minimum Gasteiger partial charge on any atom is -0.485 e. The van der Waals surface area contributed by atoms with Gasteiger partial charge >= 0.3 is 5.97 Å². The lowest BCUT2D eigenvalue weighted by atomic mass is 9.88. The SMILES string of the molecule is COC(=O)C1=CC2C(N=C3CN4CCN(c5cccc6c5O[C@H](c5ccc(Cl)cc5F)CO6)C[C@@H]4C([C@@H]4CCO4)N32)S1. The number of amidine groups is 1. The molecule has 42 heavy (non-hydrogen) atoms. The van der Waals surface area contributed by atoms with Gasteiger partial charge in [0.05, 0.1) is 48.5 Å². The van der Waals surface area contributed by atoms with E-state index in [9.17, 15) is 9.18 Å². The molecule has 2 aromatic carbocycles. The number of hydrogen-bond donors (Lipinski definition) is 0. The first kappa shape index (κ1) is 26.6. The van der Waals surface area contributed by atoms with Crippen molar-refractivity contribution >= 4 is 40.9 Å². The van der Waals surface area contributed by atoms with E-state index in [0.717, 1.165) is 50.7 Å². The van der Waals surface area contributed by atoms with Gasteiger partial charge in [-0.25, -0.2) is 9.18 Å². The molecule has 2 aromatic rings. The molecule has 0 spiro atoms. The topological polar surface area (TPSA) is 76.1 Å². The molecule has 6 aliphatic heterocycles. The number of thioether (sulfide) groups is 1. The number of para-hydroxylation sites is 1. The van der Waals surface area contributed by atoms with Crippen molar-refractivity contribution in [1.82, 2.24) is 9.80 Å². The molecular formula is C30H30ClFN4O5S. The predicted octanol–water partition coefficient (Wildman–Crippen LogP) is 3.87. The van der Waals surface area contributed by atoms with Crippen molar-refractivity contribution in [3.05, 3.63) is 63.8 Å². The Labute approximate surface area is 252 Å². The van der Waals surface area contributed by atoms with Crippen LogP contribution in [0.25, 0.3) is 0 Å². The molecule has 0 bridgehead atoms. The summed E-state index contributed by atoms with van der Waals surface area (Å²) in [6, 6.07) is 10.8. The number of fused-ring (bicyclic) bond motifs is 5. The van der Waals surface area contributed by atoms with Crippen LogP contribution in [0.15, 0.2) is 52.4 Å². The van der Waals surface area contributed by atoms with Crippen LogP contribution in [0, 0.1) is 5.82 Å². The van der Waals surface area contributed by atoms with Crippen molar-refractivity contribution in [1.29, 1.82) is 0 Å². The van der Waals surface area contributed by atoms with Gasteiger partial charge in [0.15, 0.2) is 17.6 Å². The van der Waals surface area contributed by atoms with Gasteiger partial charge in [0.2, 0.25) is 0 Å². The Hall–Kier alpha value is -2.99. The van der Waals surface area contributed by atoms with E-state index < -0.39 is 11.9 Å². The molecule has 0 aromatic heterocycles. The molecule has 220 valence electrons. The van der Waals surface area contributed by atoms with Crippen LogP contribution >= 0.6 is 23.4 Å². The van der Waals surface area contributed by atoms with E-state index in [-0.39, 0.29) is 42.2 Å². The molecule has 8 rings (SSSR count). The number of halogens is 2. The molecule has 3 saturated heterocycles. The highest BCUT2D eigenvalue weighted by molar-refractivity contribution is 8.04. The van der Waals surface area contributed by atoms with E-state index in [1.807, 2.05) is 24.3 Å². The number of anilines is 1. The van der Waals surface area contributed by atoms with Gasteiger partial charge in [-0.1, -0.05) is 35.5 Å². The summed E-state index contributed by atoms with van der Waals surface area (Å²) >= 11 is 7.48. The first-order valence-electron chi connectivity index (χ1n) is 14.3. The molecule has 0 saturated carbocycles. The van der Waals surface area contributed by atoms with Crippen molar-refractivity contribution in [2.75, 3.05) is 51.4 Å². The Balaban J connectivity index is 1.09. The van der Waals surface area contributed by atoms with Crippen LogP contribution < -0.4 is 14.4 Å². The third-order valence-electron chi connectivity index (χ3n) is 9.11. The van der Waals surface area contributed by atoms with E-state index in [1.165, 1.54) is 24.9 Å². The second-order valence-corrected chi connectivity index (χ2v) is 12.9. The smallest absolute Gasteiger partial charge is 0.344 e. The van der Waals surface area contributed by atoms with Crippen LogP contribution in [-0.4, -0.2) is 97.7 Å². The number of ether oxygens (including phenoxy) is 4. The number of aliphatic imine (C=N–C) groups is 1. The lowest BCUT2D eigenvalue weighted by Crippen LogP contribution is -2.72. The molecule has 3 unspecified atom stereocenters. The zero-order valence-corrected chi connectivity index (χ0v) is 24.5. The third kappa shape index (κ3) is 4.27. The molecule has 6 heterocycles. The first-order valence-corrected chi connectivity index (χ1v) is 15.5. The maximum atomic E-state index is 14.8. The van der Waals surface area contributed by atoms with Gasteiger partial charge in [-0.2, -0.15) is 0 Å². The molecule has 6 aliphatic rings. The van der Waals surface area contributed by atoms with Crippen LogP contribution in [0.5, 0.6) is 11.5 Å². The lowest BCUT2D eigenvalue weighted by molar-refractivity contribution is -0.135. The fraction of sp³-hybridized carbons (Fsp3) is 0.467. The van der Waals surface area contributed by atoms with Crippen LogP contribution in [0.4, 0.5) is 10.1 Å². The molecule has 0 radical (unpaired) electrons. The number of carbonyl (C=O) groups is 1. The van der Waals surface area contributed by atoms with E-state index in [4.69, 9.17) is 35.5 Å². The van der Waals surface area contributed by atoms with Gasteiger partial charge in [-0.15, -0.1) is 0 Å². The molecule has 3 fully saturated rings. The number of esters is 1. The maximum absolute atomic E-state index is 14.8. The summed E-state index contributed by atoms with van der Waals surface area (Å²) in [5.74, 6) is 1.64. The van der Waals surface area contributed by atoms with Crippen LogP contribution in [0.1, 0.15) is 18.1 Å². The van der Waals surface area contributed by atoms with Crippen molar-refractivity contribution < 1.29 is 28.1 Å². The summed E-state index contributed by atoms with van der Waals surface area (Å²) in [5.41, 5.74) is 1.35. The van der Waals surface area contributed by atoms with Gasteiger partial charge in [0.25, 0.3) is 0 Å². The Kier molecular flexibility index (Phi) is 6.55. The number of methoxy groups -OCH3 is 1. The van der Waals surface area contributed by atoms with Crippen molar-refractivity contribution in [2.24, 2.45) is 4.99 Å². The third-order valence-corrected chi connectivity index (χ3v) is 10.5. The molecular weight excluding hydrogens is 583 g/mol. The Morgan fingerprint density at radius 2 is 2.12 bits per heavy atom. The summed E-state index contributed by atoms with van der Waals surface area (Å²) in [6.45, 7) is 4.14. The Bertz CT molecular complexity index is 1500. The average molecular weight is 613 g/mol. The van der Waals surface area contributed by atoms with Crippen molar-refractivity contribution in [3.63, 3.8) is 0 Å². The number of carbonyl (C=O) groups excluding carboxylic acids is 1. The van der Waals surface area contributed by atoms with E-state index in [1.54, 1.807) is 12.1 Å². The van der Waals surface area contributed by atoms with Gasteiger partial charge < -0.3 is 28.7 Å². The van der Waals surface area contributed by atoms with Crippen LogP contribution in [0.2, 0.25) is 5.02 Å². The minimum absolute atomic E-state index is 0.00192. The lowest BCUT2D eigenvalue weighted by Gasteiger charge is -2.56. The highest BCUT2D eigenvalue weighted by Gasteiger charge is 2.54. The molecule has 0 amide bonds. The Morgan fingerprint density at radius 3 is 2.90 bits per heavy atom. The summed E-state index contributed by atoms with van der Waals surface area (Å²) in [7, 11) is 1.41. The van der Waals surface area contributed by atoms with E-state index >= 15 is 0 Å².